The predicted octanol–water partition coefficient (Wildman–Crippen LogP) is 4.24. The number of ether oxygens (including phenoxy) is 3. The molecule has 1 N–H and O–H groups in total. The lowest BCUT2D eigenvalue weighted by Crippen LogP contribution is -2.68. The van der Waals surface area contributed by atoms with Crippen molar-refractivity contribution in [3.63, 3.8) is 0 Å². The molecule has 0 amide bonds. The Kier molecular flexibility index (Phi) is 8.31. The van der Waals surface area contributed by atoms with Crippen molar-refractivity contribution in [3.05, 3.63) is 60.0 Å². The van der Waals surface area contributed by atoms with Crippen LogP contribution in [0.1, 0.15) is 37.4 Å². The Morgan fingerprint density at radius 3 is 2.63 bits per heavy atom. The number of hydrogen-bond donors (Lipinski definition) is 1. The second-order valence-corrected chi connectivity index (χ2v) is 14.4. The fourth-order valence-corrected chi connectivity index (χ4v) is 7.77. The molecule has 0 aliphatic carbocycles. The lowest BCUT2D eigenvalue weighted by atomic mass is 9.90. The molecule has 0 unspecified atom stereocenters. The summed E-state index contributed by atoms with van der Waals surface area (Å²) in [7, 11) is 1.83. The van der Waals surface area contributed by atoms with Crippen LogP contribution in [0.3, 0.4) is 0 Å². The molecule has 4 aromatic heterocycles. The molecule has 1 spiro atoms. The van der Waals surface area contributed by atoms with Crippen LogP contribution in [0.5, 0.6) is 5.88 Å². The van der Waals surface area contributed by atoms with E-state index < -0.39 is 29.6 Å². The van der Waals surface area contributed by atoms with E-state index in [0.717, 1.165) is 0 Å². The number of benzene rings is 1. The minimum atomic E-state index is -2.76. The Labute approximate surface area is 308 Å². The number of alkyl halides is 2. The van der Waals surface area contributed by atoms with Gasteiger partial charge in [0.15, 0.2) is 11.4 Å². The van der Waals surface area contributed by atoms with Gasteiger partial charge in [-0.2, -0.15) is 10.1 Å². The molecule has 16 heteroatoms. The summed E-state index contributed by atoms with van der Waals surface area (Å²) >= 11 is 0. The van der Waals surface area contributed by atoms with E-state index in [1.54, 1.807) is 26.7 Å². The van der Waals surface area contributed by atoms with Gasteiger partial charge in [0.05, 0.1) is 32.4 Å². The molecule has 14 nitrogen and oxygen atoms in total. The summed E-state index contributed by atoms with van der Waals surface area (Å²) in [5.41, 5.74) is 2.89. The summed E-state index contributed by atoms with van der Waals surface area (Å²) in [6, 6.07) is 10.0. The standard InChI is InChI=1S/C38H38F2N8O6/c1-23-37(21-51-22-37)52-16-15-47(23)28-17-24(7-8-25-9-12-45(2)44-25)19-41-34(28)53-26-18-29(35(49)50)48(20-26)33-32-31(27-5-3-4-6-30(27)54-32)42-36(43-33)46-13-10-38(39,40)11-14-46/h3-6,9,12,17,19,23,26,29H,10-11,13-16,18,20-22H2,1-2H3,(H,49,50)/t23-,26-,29-/m0/s1. The van der Waals surface area contributed by atoms with Crippen LogP contribution in [0.15, 0.2) is 53.2 Å². The van der Waals surface area contributed by atoms with Crippen LogP contribution < -0.4 is 19.4 Å². The molecule has 280 valence electrons. The van der Waals surface area contributed by atoms with Crippen molar-refractivity contribution < 1.29 is 37.3 Å². The highest BCUT2D eigenvalue weighted by molar-refractivity contribution is 6.06. The van der Waals surface area contributed by atoms with Crippen LogP contribution in [0.2, 0.25) is 0 Å². The number of rotatable bonds is 6. The summed E-state index contributed by atoms with van der Waals surface area (Å²) in [5.74, 6) is 3.29. The van der Waals surface area contributed by atoms with Crippen molar-refractivity contribution in [2.75, 3.05) is 60.7 Å². The Hall–Kier alpha value is -5.53. The quantitative estimate of drug-likeness (QED) is 0.248. The molecule has 0 saturated carbocycles. The van der Waals surface area contributed by atoms with Gasteiger partial charge in [0.1, 0.15) is 40.2 Å². The van der Waals surface area contributed by atoms with Crippen LogP contribution in [0, 0.1) is 11.8 Å². The number of hydrogen-bond acceptors (Lipinski definition) is 12. The molecule has 3 atom stereocenters. The Morgan fingerprint density at radius 1 is 1.07 bits per heavy atom. The van der Waals surface area contributed by atoms with Crippen LogP contribution in [-0.4, -0.2) is 112 Å². The Morgan fingerprint density at radius 2 is 1.89 bits per heavy atom. The zero-order valence-electron chi connectivity index (χ0n) is 29.7. The summed E-state index contributed by atoms with van der Waals surface area (Å²) in [6.45, 7) is 4.35. The number of carboxylic acid groups (broad SMARTS) is 1. The second-order valence-electron chi connectivity index (χ2n) is 14.4. The number of morpholine rings is 1. The van der Waals surface area contributed by atoms with Crippen molar-refractivity contribution >= 4 is 45.5 Å². The predicted molar refractivity (Wildman–Crippen MR) is 193 cm³/mol. The number of pyridine rings is 1. The maximum Gasteiger partial charge on any atom is 0.326 e. The van der Waals surface area contributed by atoms with E-state index in [4.69, 9.17) is 33.6 Å². The van der Waals surface area contributed by atoms with Gasteiger partial charge in [-0.25, -0.2) is 23.5 Å². The minimum absolute atomic E-state index is 0.0614. The average molecular weight is 741 g/mol. The van der Waals surface area contributed by atoms with E-state index in [1.807, 2.05) is 43.6 Å². The first kappa shape index (κ1) is 34.3. The highest BCUT2D eigenvalue weighted by Crippen LogP contribution is 2.42. The molecule has 8 heterocycles. The van der Waals surface area contributed by atoms with Crippen LogP contribution in [-0.2, 0) is 21.3 Å². The van der Waals surface area contributed by atoms with Gasteiger partial charge in [-0.05, 0) is 37.1 Å². The van der Waals surface area contributed by atoms with Gasteiger partial charge in [0.25, 0.3) is 5.92 Å². The molecule has 4 saturated heterocycles. The molecule has 0 radical (unpaired) electrons. The van der Waals surface area contributed by atoms with Crippen molar-refractivity contribution in [1.29, 1.82) is 0 Å². The first-order valence-corrected chi connectivity index (χ1v) is 18.0. The van der Waals surface area contributed by atoms with Crippen molar-refractivity contribution in [3.8, 4) is 17.7 Å². The summed E-state index contributed by atoms with van der Waals surface area (Å²) in [6.07, 6.45) is 2.31. The number of nitrogens with zero attached hydrogens (tertiary/aromatic N) is 8. The van der Waals surface area contributed by atoms with Gasteiger partial charge < -0.3 is 38.4 Å². The number of halogens is 2. The average Bonchev–Trinajstić information content (AvgIpc) is 3.87. The molecular weight excluding hydrogens is 702 g/mol. The second kappa shape index (κ2) is 13.1. The third-order valence-electron chi connectivity index (χ3n) is 10.9. The molecule has 0 bridgehead atoms. The maximum absolute atomic E-state index is 14.2. The third kappa shape index (κ3) is 6.10. The van der Waals surface area contributed by atoms with Crippen LogP contribution in [0.4, 0.5) is 26.2 Å². The fourth-order valence-electron chi connectivity index (χ4n) is 7.77. The Bertz CT molecular complexity index is 2310. The molecular formula is C38H38F2N8O6. The third-order valence-corrected chi connectivity index (χ3v) is 10.9. The number of aryl methyl sites for hydroxylation is 1. The zero-order chi connectivity index (χ0) is 37.2. The largest absolute Gasteiger partial charge is 0.480 e. The van der Waals surface area contributed by atoms with Gasteiger partial charge in [0, 0.05) is 69.3 Å². The SMILES string of the molecule is C[C@@H]1N(c2cc(C#Cc3ccn(C)n3)cnc2O[C@H]2C[C@@H](C(=O)O)N(c3nc(N4CCC(F)(F)CC4)nc4c3oc3ccccc34)C2)CCOC12COC2. The molecule has 4 aliphatic heterocycles. The zero-order valence-corrected chi connectivity index (χ0v) is 29.7. The molecule has 5 aromatic rings. The minimum Gasteiger partial charge on any atom is -0.480 e. The fraction of sp³-hybridized carbons (Fsp3) is 0.447. The molecule has 4 aliphatic rings. The smallest absolute Gasteiger partial charge is 0.326 e. The van der Waals surface area contributed by atoms with E-state index in [-0.39, 0.29) is 56.7 Å². The maximum atomic E-state index is 14.2. The number of furan rings is 1. The topological polar surface area (TPSA) is 144 Å². The summed E-state index contributed by atoms with van der Waals surface area (Å²) < 4.78 is 54.7. The van der Waals surface area contributed by atoms with Gasteiger partial charge in [-0.15, -0.1) is 0 Å². The van der Waals surface area contributed by atoms with E-state index in [9.17, 15) is 18.7 Å². The van der Waals surface area contributed by atoms with Crippen molar-refractivity contribution in [2.45, 2.75) is 55.9 Å². The first-order valence-electron chi connectivity index (χ1n) is 18.0. The van der Waals surface area contributed by atoms with Gasteiger partial charge in [-0.1, -0.05) is 18.1 Å². The summed E-state index contributed by atoms with van der Waals surface area (Å²) in [4.78, 5) is 32.9. The van der Waals surface area contributed by atoms with Crippen molar-refractivity contribution in [2.24, 2.45) is 7.05 Å². The van der Waals surface area contributed by atoms with Crippen LogP contribution in [0.25, 0.3) is 22.1 Å². The van der Waals surface area contributed by atoms with Gasteiger partial charge in [0.2, 0.25) is 11.8 Å². The number of anilines is 3. The highest BCUT2D eigenvalue weighted by Gasteiger charge is 2.50. The molecule has 9 rings (SSSR count). The number of carbonyl (C=O) groups is 1. The number of piperidine rings is 1. The van der Waals surface area contributed by atoms with E-state index >= 15 is 0 Å². The molecule has 54 heavy (non-hydrogen) atoms. The number of aromatic nitrogens is 5. The van der Waals surface area contributed by atoms with E-state index in [2.05, 4.69) is 28.8 Å². The number of carboxylic acids is 1. The van der Waals surface area contributed by atoms with E-state index in [0.29, 0.717) is 71.3 Å². The van der Waals surface area contributed by atoms with E-state index in [1.165, 1.54) is 0 Å². The molecule has 1 aromatic carbocycles. The number of fused-ring (bicyclic) bond motifs is 3. The number of para-hydroxylation sites is 1. The monoisotopic (exact) mass is 740 g/mol. The normalized spacial score (nSPS) is 23.4. The van der Waals surface area contributed by atoms with Crippen molar-refractivity contribution in [1.82, 2.24) is 24.7 Å². The lowest BCUT2D eigenvalue weighted by molar-refractivity contribution is -0.228. The Balaban J connectivity index is 1.07. The van der Waals surface area contributed by atoms with Gasteiger partial charge >= 0.3 is 5.97 Å². The van der Waals surface area contributed by atoms with Crippen LogP contribution >= 0.6 is 0 Å². The lowest BCUT2D eigenvalue weighted by Gasteiger charge is -2.53. The summed E-state index contributed by atoms with van der Waals surface area (Å²) in [5, 5.41) is 15.6. The first-order chi connectivity index (χ1) is 26.1. The molecule has 4 fully saturated rings. The van der Waals surface area contributed by atoms with Gasteiger partial charge in [-0.3, -0.25) is 4.68 Å². The highest BCUT2D eigenvalue weighted by atomic mass is 19.3. The number of aliphatic carboxylic acids is 1.